The zero-order valence-corrected chi connectivity index (χ0v) is 8.14. The van der Waals surface area contributed by atoms with Gasteiger partial charge in [0.2, 0.25) is 0 Å². The van der Waals surface area contributed by atoms with Crippen LogP contribution in [0.1, 0.15) is 29.0 Å². The Balaban J connectivity index is 2.25. The fourth-order valence-electron chi connectivity index (χ4n) is 1.23. The zero-order chi connectivity index (χ0) is 10.8. The largest absolute Gasteiger partial charge is 0.488 e. The van der Waals surface area contributed by atoms with Gasteiger partial charge >= 0.3 is 5.97 Å². The lowest BCUT2D eigenvalue weighted by Crippen LogP contribution is -2.10. The van der Waals surface area contributed by atoms with Crippen molar-refractivity contribution in [3.8, 4) is 5.75 Å². The second-order valence-electron chi connectivity index (χ2n) is 3.47. The van der Waals surface area contributed by atoms with Crippen LogP contribution in [0.25, 0.3) is 0 Å². The first-order valence-electron chi connectivity index (χ1n) is 4.80. The van der Waals surface area contributed by atoms with Crippen molar-refractivity contribution in [3.05, 3.63) is 23.5 Å². The number of hydrogen-bond donors (Lipinski definition) is 2. The lowest BCUT2D eigenvalue weighted by Gasteiger charge is -2.08. The van der Waals surface area contributed by atoms with Crippen LogP contribution < -0.4 is 10.5 Å². The van der Waals surface area contributed by atoms with Gasteiger partial charge in [-0.25, -0.2) is 9.78 Å². The Morgan fingerprint density at radius 2 is 2.33 bits per heavy atom. The lowest BCUT2D eigenvalue weighted by molar-refractivity contribution is 0.0690. The molecule has 1 aromatic rings. The predicted octanol–water partition coefficient (Wildman–Crippen LogP) is 0.780. The first-order valence-corrected chi connectivity index (χ1v) is 4.80. The molecule has 1 fully saturated rings. The minimum atomic E-state index is -1.05. The van der Waals surface area contributed by atoms with Gasteiger partial charge in [-0.15, -0.1) is 0 Å². The molecule has 5 heteroatoms. The molecule has 15 heavy (non-hydrogen) atoms. The quantitative estimate of drug-likeness (QED) is 0.763. The molecule has 0 aliphatic heterocycles. The van der Waals surface area contributed by atoms with Gasteiger partial charge in [-0.1, -0.05) is 0 Å². The Bertz CT molecular complexity index is 388. The Morgan fingerprint density at radius 3 is 2.87 bits per heavy atom. The third-order valence-corrected chi connectivity index (χ3v) is 2.16. The summed E-state index contributed by atoms with van der Waals surface area (Å²) in [7, 11) is 0. The van der Waals surface area contributed by atoms with Crippen LogP contribution in [-0.4, -0.2) is 22.2 Å². The van der Waals surface area contributed by atoms with E-state index in [4.69, 9.17) is 15.6 Å². The monoisotopic (exact) mass is 208 g/mol. The van der Waals surface area contributed by atoms with E-state index in [9.17, 15) is 4.79 Å². The van der Waals surface area contributed by atoms with Crippen molar-refractivity contribution in [2.24, 2.45) is 5.73 Å². The van der Waals surface area contributed by atoms with Crippen molar-refractivity contribution in [1.82, 2.24) is 4.98 Å². The van der Waals surface area contributed by atoms with E-state index in [0.717, 1.165) is 12.8 Å². The highest BCUT2D eigenvalue weighted by Crippen LogP contribution is 2.28. The van der Waals surface area contributed by atoms with E-state index >= 15 is 0 Å². The zero-order valence-electron chi connectivity index (χ0n) is 8.14. The molecule has 5 nitrogen and oxygen atoms in total. The van der Waals surface area contributed by atoms with Crippen molar-refractivity contribution >= 4 is 5.97 Å². The highest BCUT2D eigenvalue weighted by atomic mass is 16.5. The van der Waals surface area contributed by atoms with Gasteiger partial charge in [-0.05, 0) is 25.0 Å². The number of hydrogen-bond acceptors (Lipinski definition) is 4. The van der Waals surface area contributed by atoms with Gasteiger partial charge in [-0.2, -0.15) is 0 Å². The van der Waals surface area contributed by atoms with Crippen LogP contribution in [0.5, 0.6) is 5.75 Å². The summed E-state index contributed by atoms with van der Waals surface area (Å²) in [5.41, 5.74) is 5.98. The number of aromatic nitrogens is 1. The molecule has 0 unspecified atom stereocenters. The first kappa shape index (κ1) is 9.92. The smallest absolute Gasteiger partial charge is 0.354 e. The molecular weight excluding hydrogens is 196 g/mol. The second-order valence-corrected chi connectivity index (χ2v) is 3.47. The number of carbonyl (C=O) groups is 1. The van der Waals surface area contributed by atoms with Crippen LogP contribution in [0.15, 0.2) is 12.1 Å². The maximum atomic E-state index is 10.7. The molecule has 80 valence electrons. The highest BCUT2D eigenvalue weighted by molar-refractivity contribution is 5.85. The topological polar surface area (TPSA) is 85.4 Å². The van der Waals surface area contributed by atoms with E-state index in [-0.39, 0.29) is 18.3 Å². The van der Waals surface area contributed by atoms with Crippen LogP contribution in [0.3, 0.4) is 0 Å². The number of carboxylic acid groups (broad SMARTS) is 1. The Labute approximate surface area is 86.9 Å². The Kier molecular flexibility index (Phi) is 2.55. The summed E-state index contributed by atoms with van der Waals surface area (Å²) in [6, 6.07) is 3.05. The molecule has 0 aromatic carbocycles. The maximum Gasteiger partial charge on any atom is 0.354 e. The Hall–Kier alpha value is -1.62. The highest BCUT2D eigenvalue weighted by Gasteiger charge is 2.25. The van der Waals surface area contributed by atoms with E-state index in [0.29, 0.717) is 11.4 Å². The van der Waals surface area contributed by atoms with E-state index in [2.05, 4.69) is 4.98 Å². The van der Waals surface area contributed by atoms with Crippen molar-refractivity contribution in [2.75, 3.05) is 0 Å². The van der Waals surface area contributed by atoms with Gasteiger partial charge in [0, 0.05) is 6.54 Å². The van der Waals surface area contributed by atoms with Crippen LogP contribution in [0.4, 0.5) is 0 Å². The number of carboxylic acids is 1. The van der Waals surface area contributed by atoms with Crippen LogP contribution >= 0.6 is 0 Å². The molecular formula is C10H12N2O3. The number of ether oxygens (including phenoxy) is 1. The molecule has 0 bridgehead atoms. The van der Waals surface area contributed by atoms with Gasteiger partial charge in [0.15, 0.2) is 0 Å². The molecule has 3 N–H and O–H groups in total. The van der Waals surface area contributed by atoms with Crippen LogP contribution in [0, 0.1) is 0 Å². The summed E-state index contributed by atoms with van der Waals surface area (Å²) in [5.74, 6) is -0.451. The number of pyridine rings is 1. The first-order chi connectivity index (χ1) is 7.20. The molecule has 1 aliphatic carbocycles. The molecule has 0 amide bonds. The van der Waals surface area contributed by atoms with Crippen LogP contribution in [-0.2, 0) is 6.54 Å². The van der Waals surface area contributed by atoms with Gasteiger partial charge in [0.05, 0.1) is 11.8 Å². The minimum absolute atomic E-state index is 0.00130. The van der Waals surface area contributed by atoms with Crippen molar-refractivity contribution in [2.45, 2.75) is 25.5 Å². The standard InChI is InChI=1S/C10H12N2O3/c11-5-8-9(15-6-1-2-6)4-3-7(12-8)10(13)14/h3-4,6H,1-2,5,11H2,(H,13,14). The molecule has 1 aromatic heterocycles. The van der Waals surface area contributed by atoms with Gasteiger partial charge in [-0.3, -0.25) is 0 Å². The average Bonchev–Trinajstić information content (AvgIpc) is 3.02. The summed E-state index contributed by atoms with van der Waals surface area (Å²) in [5, 5.41) is 8.75. The molecule has 2 rings (SSSR count). The molecule has 1 heterocycles. The minimum Gasteiger partial charge on any atom is -0.488 e. The molecule has 0 saturated heterocycles. The molecule has 1 saturated carbocycles. The van der Waals surface area contributed by atoms with Gasteiger partial charge < -0.3 is 15.6 Å². The number of aromatic carboxylic acids is 1. The molecule has 0 radical (unpaired) electrons. The van der Waals surface area contributed by atoms with E-state index < -0.39 is 5.97 Å². The molecule has 0 spiro atoms. The summed E-state index contributed by atoms with van der Waals surface area (Å²) in [6.07, 6.45) is 2.35. The molecule has 1 aliphatic rings. The normalized spacial score (nSPS) is 15.0. The third kappa shape index (κ3) is 2.24. The Morgan fingerprint density at radius 1 is 1.60 bits per heavy atom. The van der Waals surface area contributed by atoms with Crippen molar-refractivity contribution in [3.63, 3.8) is 0 Å². The SMILES string of the molecule is NCc1nc(C(=O)O)ccc1OC1CC1. The summed E-state index contributed by atoms with van der Waals surface area (Å²) in [4.78, 5) is 14.6. The summed E-state index contributed by atoms with van der Waals surface area (Å²) >= 11 is 0. The second kappa shape index (κ2) is 3.86. The van der Waals surface area contributed by atoms with Gasteiger partial charge in [0.25, 0.3) is 0 Å². The van der Waals surface area contributed by atoms with Gasteiger partial charge in [0.1, 0.15) is 11.4 Å². The fourth-order valence-corrected chi connectivity index (χ4v) is 1.23. The van der Waals surface area contributed by atoms with E-state index in [1.165, 1.54) is 6.07 Å². The molecule has 0 atom stereocenters. The van der Waals surface area contributed by atoms with Crippen molar-refractivity contribution in [1.29, 1.82) is 0 Å². The predicted molar refractivity (Wildman–Crippen MR) is 52.7 cm³/mol. The van der Waals surface area contributed by atoms with Crippen LogP contribution in [0.2, 0.25) is 0 Å². The average molecular weight is 208 g/mol. The number of nitrogens with two attached hydrogens (primary N) is 1. The number of nitrogens with zero attached hydrogens (tertiary/aromatic N) is 1. The summed E-state index contributed by atoms with van der Waals surface area (Å²) < 4.78 is 5.55. The van der Waals surface area contributed by atoms with E-state index in [1.54, 1.807) is 6.07 Å². The van der Waals surface area contributed by atoms with Crippen molar-refractivity contribution < 1.29 is 14.6 Å². The lowest BCUT2D eigenvalue weighted by atomic mass is 10.2. The maximum absolute atomic E-state index is 10.7. The fraction of sp³-hybridized carbons (Fsp3) is 0.400. The van der Waals surface area contributed by atoms with E-state index in [1.807, 2.05) is 0 Å². The number of rotatable bonds is 4. The third-order valence-electron chi connectivity index (χ3n) is 2.16. The summed E-state index contributed by atoms with van der Waals surface area (Å²) in [6.45, 7) is 0.184.